The monoisotopic (exact) mass is 530 g/mol. The average molecular weight is 531 g/mol. The highest BCUT2D eigenvalue weighted by Gasteiger charge is 2.46. The number of thiazole rings is 1. The molecule has 1 N–H and O–H groups in total. The SMILES string of the molecule is CCOc1ccc(C2C(C(=O)c3cc4ccccc4o3)=C(O)C(=O)N2c2nc3ccc(Cl)cc3s2)cc1. The Balaban J connectivity index is 1.49. The quantitative estimate of drug-likeness (QED) is 0.241. The van der Waals surface area contributed by atoms with Gasteiger partial charge < -0.3 is 14.3 Å². The van der Waals surface area contributed by atoms with Gasteiger partial charge in [-0.2, -0.15) is 0 Å². The fraction of sp³-hybridized carbons (Fsp3) is 0.107. The number of aliphatic hydroxyl groups is 1. The van der Waals surface area contributed by atoms with Gasteiger partial charge >= 0.3 is 0 Å². The summed E-state index contributed by atoms with van der Waals surface area (Å²) in [6.45, 7) is 2.38. The van der Waals surface area contributed by atoms with Gasteiger partial charge in [-0.05, 0) is 55.0 Å². The van der Waals surface area contributed by atoms with Crippen molar-refractivity contribution in [2.75, 3.05) is 11.5 Å². The minimum absolute atomic E-state index is 0.0319. The number of aromatic nitrogens is 1. The van der Waals surface area contributed by atoms with Gasteiger partial charge in [0.1, 0.15) is 11.3 Å². The number of para-hydroxylation sites is 1. The molecule has 3 aromatic carbocycles. The molecule has 5 aromatic rings. The molecule has 1 atom stereocenters. The highest BCUT2D eigenvalue weighted by molar-refractivity contribution is 7.22. The lowest BCUT2D eigenvalue weighted by Crippen LogP contribution is -2.30. The highest BCUT2D eigenvalue weighted by atomic mass is 35.5. The number of benzene rings is 3. The number of aliphatic hydroxyl groups excluding tert-OH is 1. The highest BCUT2D eigenvalue weighted by Crippen LogP contribution is 2.45. The molecular formula is C28H19ClN2O5S. The Morgan fingerprint density at radius 1 is 1.14 bits per heavy atom. The van der Waals surface area contributed by atoms with Gasteiger partial charge in [0, 0.05) is 10.4 Å². The smallest absolute Gasteiger partial charge is 0.296 e. The van der Waals surface area contributed by atoms with Gasteiger partial charge in [-0.1, -0.05) is 53.3 Å². The lowest BCUT2D eigenvalue weighted by atomic mass is 9.95. The van der Waals surface area contributed by atoms with E-state index in [4.69, 9.17) is 20.8 Å². The molecule has 1 aliphatic heterocycles. The molecule has 1 aliphatic rings. The number of fused-ring (bicyclic) bond motifs is 2. The van der Waals surface area contributed by atoms with E-state index in [0.29, 0.717) is 39.2 Å². The van der Waals surface area contributed by atoms with Crippen LogP contribution >= 0.6 is 22.9 Å². The Bertz CT molecular complexity index is 1690. The summed E-state index contributed by atoms with van der Waals surface area (Å²) in [5.74, 6) is -1.25. The molecule has 0 spiro atoms. The summed E-state index contributed by atoms with van der Waals surface area (Å²) >= 11 is 7.40. The van der Waals surface area contributed by atoms with Crippen LogP contribution in [0.2, 0.25) is 5.02 Å². The zero-order valence-electron chi connectivity index (χ0n) is 19.5. The van der Waals surface area contributed by atoms with Gasteiger partial charge in [0.05, 0.1) is 28.4 Å². The number of rotatable bonds is 6. The van der Waals surface area contributed by atoms with E-state index in [1.807, 2.05) is 19.1 Å². The van der Waals surface area contributed by atoms with Gasteiger partial charge in [-0.25, -0.2) is 4.98 Å². The topological polar surface area (TPSA) is 92.9 Å². The fourth-order valence-corrected chi connectivity index (χ4v) is 5.75. The van der Waals surface area contributed by atoms with E-state index < -0.39 is 23.5 Å². The number of nitrogens with zero attached hydrogens (tertiary/aromatic N) is 2. The number of halogens is 1. The van der Waals surface area contributed by atoms with Gasteiger partial charge in [0.2, 0.25) is 5.78 Å². The van der Waals surface area contributed by atoms with Crippen molar-refractivity contribution < 1.29 is 23.8 Å². The Morgan fingerprint density at radius 2 is 1.92 bits per heavy atom. The van der Waals surface area contributed by atoms with E-state index in [2.05, 4.69) is 4.98 Å². The molecule has 0 bridgehead atoms. The number of furan rings is 1. The third-order valence-corrected chi connectivity index (χ3v) is 7.41. The molecule has 0 saturated heterocycles. The lowest BCUT2D eigenvalue weighted by molar-refractivity contribution is -0.117. The number of hydrogen-bond acceptors (Lipinski definition) is 7. The molecule has 37 heavy (non-hydrogen) atoms. The summed E-state index contributed by atoms with van der Waals surface area (Å²) in [6, 6.07) is 20.2. The van der Waals surface area contributed by atoms with Crippen molar-refractivity contribution in [1.29, 1.82) is 0 Å². The van der Waals surface area contributed by atoms with Crippen LogP contribution < -0.4 is 9.64 Å². The third-order valence-electron chi connectivity index (χ3n) is 6.15. The molecule has 184 valence electrons. The summed E-state index contributed by atoms with van der Waals surface area (Å²) in [5.41, 5.74) is 1.72. The maximum absolute atomic E-state index is 13.8. The van der Waals surface area contributed by atoms with Crippen LogP contribution in [0.5, 0.6) is 5.75 Å². The molecule has 7 nitrogen and oxygen atoms in total. The summed E-state index contributed by atoms with van der Waals surface area (Å²) < 4.78 is 12.1. The predicted molar refractivity (Wildman–Crippen MR) is 143 cm³/mol. The minimum atomic E-state index is -0.931. The van der Waals surface area contributed by atoms with Crippen molar-refractivity contribution >= 4 is 60.9 Å². The van der Waals surface area contributed by atoms with E-state index in [-0.39, 0.29) is 11.3 Å². The maximum Gasteiger partial charge on any atom is 0.296 e. The summed E-state index contributed by atoms with van der Waals surface area (Å²) in [7, 11) is 0. The van der Waals surface area contributed by atoms with E-state index >= 15 is 0 Å². The summed E-state index contributed by atoms with van der Waals surface area (Å²) in [6.07, 6.45) is 0. The van der Waals surface area contributed by atoms with Crippen LogP contribution in [0.15, 0.2) is 88.5 Å². The predicted octanol–water partition coefficient (Wildman–Crippen LogP) is 6.88. The van der Waals surface area contributed by atoms with Crippen LogP contribution in [0.4, 0.5) is 5.13 Å². The zero-order valence-corrected chi connectivity index (χ0v) is 21.0. The number of carbonyl (C=O) groups excluding carboxylic acids is 2. The maximum atomic E-state index is 13.8. The fourth-order valence-electron chi connectivity index (χ4n) is 4.48. The van der Waals surface area contributed by atoms with Crippen molar-refractivity contribution in [3.63, 3.8) is 0 Å². The molecule has 6 rings (SSSR count). The van der Waals surface area contributed by atoms with E-state index in [1.54, 1.807) is 60.7 Å². The first-order valence-corrected chi connectivity index (χ1v) is 12.7. The summed E-state index contributed by atoms with van der Waals surface area (Å²) in [5, 5.41) is 12.7. The first-order valence-electron chi connectivity index (χ1n) is 11.5. The number of Topliss-reactive ketones (excluding diaryl/α,β-unsaturated/α-hetero) is 1. The molecule has 9 heteroatoms. The van der Waals surface area contributed by atoms with Gasteiger partial charge in [-0.15, -0.1) is 0 Å². The van der Waals surface area contributed by atoms with E-state index in [0.717, 1.165) is 10.1 Å². The average Bonchev–Trinajstić information content (AvgIpc) is 3.58. The number of carbonyl (C=O) groups is 2. The van der Waals surface area contributed by atoms with Crippen LogP contribution in [-0.2, 0) is 4.79 Å². The molecule has 0 radical (unpaired) electrons. The zero-order chi connectivity index (χ0) is 25.7. The van der Waals surface area contributed by atoms with E-state index in [9.17, 15) is 14.7 Å². The third kappa shape index (κ3) is 3.94. The second-order valence-electron chi connectivity index (χ2n) is 8.43. The molecule has 1 unspecified atom stereocenters. The number of anilines is 1. The molecular weight excluding hydrogens is 512 g/mol. The molecule has 0 saturated carbocycles. The van der Waals surface area contributed by atoms with Crippen molar-refractivity contribution in [1.82, 2.24) is 4.98 Å². The Kier molecular flexibility index (Phi) is 5.70. The van der Waals surface area contributed by atoms with E-state index in [1.165, 1.54) is 16.2 Å². The number of ether oxygens (including phenoxy) is 1. The minimum Gasteiger partial charge on any atom is -0.503 e. The summed E-state index contributed by atoms with van der Waals surface area (Å²) in [4.78, 5) is 33.2. The van der Waals surface area contributed by atoms with Crippen LogP contribution in [0.1, 0.15) is 29.1 Å². The van der Waals surface area contributed by atoms with Crippen LogP contribution in [0, 0.1) is 0 Å². The molecule has 0 fully saturated rings. The van der Waals surface area contributed by atoms with Crippen LogP contribution in [0.25, 0.3) is 21.2 Å². The molecule has 0 aliphatic carbocycles. The lowest BCUT2D eigenvalue weighted by Gasteiger charge is -2.24. The van der Waals surface area contributed by atoms with Gasteiger partial charge in [0.15, 0.2) is 16.7 Å². The van der Waals surface area contributed by atoms with Gasteiger partial charge in [0.25, 0.3) is 5.91 Å². The number of hydrogen-bond donors (Lipinski definition) is 1. The normalized spacial score (nSPS) is 15.8. The molecule has 1 amide bonds. The van der Waals surface area contributed by atoms with Crippen molar-refractivity contribution in [2.45, 2.75) is 13.0 Å². The second kappa shape index (κ2) is 9.06. The Morgan fingerprint density at radius 3 is 2.68 bits per heavy atom. The first-order chi connectivity index (χ1) is 17.9. The van der Waals surface area contributed by atoms with Crippen molar-refractivity contribution in [3.05, 3.63) is 100 Å². The second-order valence-corrected chi connectivity index (χ2v) is 9.87. The first kappa shape index (κ1) is 23.3. The number of ketones is 1. The Labute approximate surface area is 220 Å². The van der Waals surface area contributed by atoms with Crippen molar-refractivity contribution in [2.24, 2.45) is 0 Å². The standard InChI is InChI=1S/C28H19ClN2O5S/c1-2-35-18-10-7-15(8-11-18)24-23(25(32)21-13-16-5-3-4-6-20(16)36-21)26(33)27(34)31(24)28-30-19-12-9-17(29)14-22(19)37-28/h3-14,24,33H,2H2,1H3. The van der Waals surface area contributed by atoms with Crippen LogP contribution in [-0.4, -0.2) is 28.4 Å². The number of amides is 1. The Hall–Kier alpha value is -4.14. The molecule has 3 heterocycles. The van der Waals surface area contributed by atoms with Gasteiger partial charge in [-0.3, -0.25) is 14.5 Å². The van der Waals surface area contributed by atoms with Crippen molar-refractivity contribution in [3.8, 4) is 5.75 Å². The van der Waals surface area contributed by atoms with Crippen LogP contribution in [0.3, 0.4) is 0 Å². The molecule has 2 aromatic heterocycles. The largest absolute Gasteiger partial charge is 0.503 e.